The zero-order chi connectivity index (χ0) is 17.5. The largest absolute Gasteiger partial charge is 0.457 e. The molecule has 0 radical (unpaired) electrons. The molecule has 0 atom stereocenters. The standard InChI is InChI=1S/C18H19BBrNO3/c1-13(2)24-19(3)22-12-14-11-17(9-10-18(14)20)23-16-7-5-15(21-4)6-8-16/h5-11,13H,12H2,1-3H3. The number of benzene rings is 2. The first-order chi connectivity index (χ1) is 11.5. The molecule has 0 amide bonds. The fraction of sp³-hybridized carbons (Fsp3) is 0.278. The molecule has 0 unspecified atom stereocenters. The van der Waals surface area contributed by atoms with Crippen molar-refractivity contribution in [3.05, 3.63) is 63.9 Å². The van der Waals surface area contributed by atoms with Crippen LogP contribution in [0.25, 0.3) is 4.85 Å². The third-order valence-corrected chi connectivity index (χ3v) is 3.93. The van der Waals surface area contributed by atoms with Crippen molar-refractivity contribution in [1.29, 1.82) is 0 Å². The summed E-state index contributed by atoms with van der Waals surface area (Å²) in [5, 5.41) is 0. The van der Waals surface area contributed by atoms with Crippen molar-refractivity contribution in [2.75, 3.05) is 0 Å². The summed E-state index contributed by atoms with van der Waals surface area (Å²) < 4.78 is 18.1. The quantitative estimate of drug-likeness (QED) is 0.441. The number of rotatable bonds is 7. The van der Waals surface area contributed by atoms with E-state index in [9.17, 15) is 0 Å². The Hall–Kier alpha value is -1.81. The summed E-state index contributed by atoms with van der Waals surface area (Å²) in [5.74, 6) is 1.40. The van der Waals surface area contributed by atoms with E-state index in [1.807, 2.05) is 38.9 Å². The molecule has 0 spiro atoms. The van der Waals surface area contributed by atoms with Crippen LogP contribution in [0.3, 0.4) is 0 Å². The van der Waals surface area contributed by atoms with Gasteiger partial charge in [0.15, 0.2) is 5.69 Å². The molecule has 0 saturated carbocycles. The highest BCUT2D eigenvalue weighted by Gasteiger charge is 2.13. The van der Waals surface area contributed by atoms with Crippen molar-refractivity contribution < 1.29 is 14.0 Å². The third-order valence-electron chi connectivity index (χ3n) is 3.16. The van der Waals surface area contributed by atoms with E-state index in [0.29, 0.717) is 23.8 Å². The van der Waals surface area contributed by atoms with Crippen molar-refractivity contribution in [2.45, 2.75) is 33.4 Å². The lowest BCUT2D eigenvalue weighted by molar-refractivity contribution is 0.156. The van der Waals surface area contributed by atoms with Crippen molar-refractivity contribution >= 4 is 28.7 Å². The van der Waals surface area contributed by atoms with Crippen LogP contribution < -0.4 is 4.74 Å². The van der Waals surface area contributed by atoms with Gasteiger partial charge in [-0.1, -0.05) is 28.1 Å². The number of hydrogen-bond donors (Lipinski definition) is 0. The SMILES string of the molecule is [C-]#[N+]c1ccc(Oc2ccc(Br)c(COB(C)OC(C)C)c2)cc1. The van der Waals surface area contributed by atoms with Gasteiger partial charge in [-0.3, -0.25) is 0 Å². The topological polar surface area (TPSA) is 32.0 Å². The highest BCUT2D eigenvalue weighted by atomic mass is 79.9. The second kappa shape index (κ2) is 8.88. The molecule has 0 aliphatic heterocycles. The van der Waals surface area contributed by atoms with Gasteiger partial charge in [0, 0.05) is 10.6 Å². The van der Waals surface area contributed by atoms with Crippen molar-refractivity contribution in [1.82, 2.24) is 0 Å². The summed E-state index contributed by atoms with van der Waals surface area (Å²) >= 11 is 3.53. The molecule has 2 aromatic carbocycles. The van der Waals surface area contributed by atoms with Gasteiger partial charge in [0.05, 0.1) is 13.2 Å². The molecule has 0 N–H and O–H groups in total. The Morgan fingerprint density at radius 1 is 1.12 bits per heavy atom. The number of hydrogen-bond acceptors (Lipinski definition) is 3. The lowest BCUT2D eigenvalue weighted by Crippen LogP contribution is -2.22. The molecule has 6 heteroatoms. The Kier molecular flexibility index (Phi) is 6.86. The summed E-state index contributed by atoms with van der Waals surface area (Å²) in [4.78, 5) is 3.37. The molecule has 2 aromatic rings. The molecular weight excluding hydrogens is 369 g/mol. The molecule has 4 nitrogen and oxygen atoms in total. The highest BCUT2D eigenvalue weighted by molar-refractivity contribution is 9.10. The van der Waals surface area contributed by atoms with Crippen LogP contribution in [-0.4, -0.2) is 13.2 Å². The van der Waals surface area contributed by atoms with Crippen LogP contribution in [0.4, 0.5) is 5.69 Å². The maximum atomic E-state index is 6.96. The van der Waals surface area contributed by atoms with Crippen LogP contribution in [0, 0.1) is 6.57 Å². The smallest absolute Gasteiger partial charge is 0.453 e. The summed E-state index contributed by atoms with van der Waals surface area (Å²) in [6, 6.07) is 12.8. The number of ether oxygens (including phenoxy) is 1. The first kappa shape index (κ1) is 18.5. The summed E-state index contributed by atoms with van der Waals surface area (Å²) in [6.07, 6.45) is 0.122. The van der Waals surface area contributed by atoms with Crippen LogP contribution in [0.2, 0.25) is 6.82 Å². The van der Waals surface area contributed by atoms with Gasteiger partial charge in [0.2, 0.25) is 0 Å². The molecule has 0 aliphatic carbocycles. The van der Waals surface area contributed by atoms with E-state index in [1.54, 1.807) is 24.3 Å². The molecule has 124 valence electrons. The Morgan fingerprint density at radius 2 is 1.79 bits per heavy atom. The highest BCUT2D eigenvalue weighted by Crippen LogP contribution is 2.28. The van der Waals surface area contributed by atoms with E-state index < -0.39 is 0 Å². The zero-order valence-corrected chi connectivity index (χ0v) is 15.5. The van der Waals surface area contributed by atoms with Crippen LogP contribution in [0.15, 0.2) is 46.9 Å². The Bertz CT molecular complexity index is 713. The van der Waals surface area contributed by atoms with Gasteiger partial charge in [-0.2, -0.15) is 0 Å². The normalized spacial score (nSPS) is 10.5. The second-order valence-corrected chi connectivity index (χ2v) is 6.38. The Balaban J connectivity index is 2.03. The maximum absolute atomic E-state index is 6.96. The van der Waals surface area contributed by atoms with Gasteiger partial charge in [-0.25, -0.2) is 4.85 Å². The van der Waals surface area contributed by atoms with Gasteiger partial charge in [0.25, 0.3) is 0 Å². The molecule has 0 aromatic heterocycles. The average molecular weight is 388 g/mol. The van der Waals surface area contributed by atoms with Crippen LogP contribution in [0.1, 0.15) is 19.4 Å². The fourth-order valence-corrected chi connectivity index (χ4v) is 2.44. The molecule has 0 saturated heterocycles. The van der Waals surface area contributed by atoms with Gasteiger partial charge >= 0.3 is 7.12 Å². The number of nitrogens with zero attached hydrogens (tertiary/aromatic N) is 1. The van der Waals surface area contributed by atoms with E-state index in [4.69, 9.17) is 20.6 Å². The molecule has 0 heterocycles. The molecule has 0 fully saturated rings. The van der Waals surface area contributed by atoms with Crippen molar-refractivity contribution in [3.8, 4) is 11.5 Å². The first-order valence-corrected chi connectivity index (χ1v) is 8.48. The van der Waals surface area contributed by atoms with Crippen LogP contribution >= 0.6 is 15.9 Å². The lowest BCUT2D eigenvalue weighted by atomic mass is 9.94. The fourth-order valence-electron chi connectivity index (χ4n) is 2.08. The molecule has 2 rings (SSSR count). The average Bonchev–Trinajstić information content (AvgIpc) is 2.55. The Morgan fingerprint density at radius 3 is 2.42 bits per heavy atom. The van der Waals surface area contributed by atoms with E-state index in [1.165, 1.54) is 0 Å². The van der Waals surface area contributed by atoms with E-state index in [0.717, 1.165) is 10.0 Å². The molecular formula is C18H19BBrNO3. The first-order valence-electron chi connectivity index (χ1n) is 7.69. The predicted octanol–water partition coefficient (Wildman–Crippen LogP) is 5.85. The van der Waals surface area contributed by atoms with Gasteiger partial charge in [-0.15, -0.1) is 0 Å². The molecule has 0 aliphatic rings. The summed E-state index contributed by atoms with van der Waals surface area (Å²) in [5.41, 5.74) is 1.57. The van der Waals surface area contributed by atoms with Gasteiger partial charge in [-0.05, 0) is 56.6 Å². The zero-order valence-electron chi connectivity index (χ0n) is 14.0. The maximum Gasteiger partial charge on any atom is 0.453 e. The second-order valence-electron chi connectivity index (χ2n) is 5.52. The van der Waals surface area contributed by atoms with E-state index in [2.05, 4.69) is 20.8 Å². The Labute approximate surface area is 151 Å². The molecule has 24 heavy (non-hydrogen) atoms. The minimum atomic E-state index is -0.275. The monoisotopic (exact) mass is 387 g/mol. The van der Waals surface area contributed by atoms with Crippen molar-refractivity contribution in [3.63, 3.8) is 0 Å². The van der Waals surface area contributed by atoms with E-state index >= 15 is 0 Å². The third kappa shape index (κ3) is 5.68. The van der Waals surface area contributed by atoms with Gasteiger partial charge < -0.3 is 14.0 Å². The van der Waals surface area contributed by atoms with Gasteiger partial charge in [0.1, 0.15) is 11.5 Å². The minimum absolute atomic E-state index is 0.122. The minimum Gasteiger partial charge on any atom is -0.457 e. The van der Waals surface area contributed by atoms with E-state index in [-0.39, 0.29) is 13.2 Å². The molecule has 0 bridgehead atoms. The predicted molar refractivity (Wildman–Crippen MR) is 99.5 cm³/mol. The van der Waals surface area contributed by atoms with Crippen LogP contribution in [-0.2, 0) is 15.9 Å². The summed E-state index contributed by atoms with van der Waals surface area (Å²) in [6.45, 7) is 13.2. The lowest BCUT2D eigenvalue weighted by Gasteiger charge is -2.15. The van der Waals surface area contributed by atoms with Crippen molar-refractivity contribution in [2.24, 2.45) is 0 Å². The summed E-state index contributed by atoms with van der Waals surface area (Å²) in [7, 11) is -0.275. The number of halogens is 1. The van der Waals surface area contributed by atoms with Crippen LogP contribution in [0.5, 0.6) is 11.5 Å².